The Morgan fingerprint density at radius 3 is 1.67 bits per heavy atom. The monoisotopic (exact) mass is 156 g/mol. The largest absolute Gasteiger partial charge is 0.761 e. The standard InChI is InChI=1S/C4H10F2O2Si/c1-3-7-9(5,6)8-4-2/h3-4H2,1-2H3. The highest BCUT2D eigenvalue weighted by Crippen LogP contribution is 2.09. The molecule has 0 aliphatic heterocycles. The molecule has 0 aromatic heterocycles. The molecule has 9 heavy (non-hydrogen) atoms. The topological polar surface area (TPSA) is 18.5 Å². The maximum Gasteiger partial charge on any atom is 0.761 e. The molecule has 0 spiro atoms. The van der Waals surface area contributed by atoms with E-state index in [2.05, 4.69) is 8.85 Å². The summed E-state index contributed by atoms with van der Waals surface area (Å²) in [6.07, 6.45) is 0. The normalized spacial score (nSPS) is 12.0. The van der Waals surface area contributed by atoms with Crippen molar-refractivity contribution in [3.8, 4) is 0 Å². The molecule has 0 saturated heterocycles. The predicted molar refractivity (Wildman–Crippen MR) is 31.2 cm³/mol. The van der Waals surface area contributed by atoms with Gasteiger partial charge in [-0.3, -0.25) is 0 Å². The molecule has 0 atom stereocenters. The van der Waals surface area contributed by atoms with E-state index in [-0.39, 0.29) is 13.2 Å². The zero-order valence-electron chi connectivity index (χ0n) is 5.49. The first-order valence-electron chi connectivity index (χ1n) is 2.78. The molecule has 0 saturated carbocycles. The minimum Gasteiger partial charge on any atom is -0.345 e. The molecule has 0 aliphatic rings. The summed E-state index contributed by atoms with van der Waals surface area (Å²) in [5.74, 6) is 0. The molecule has 5 heteroatoms. The van der Waals surface area contributed by atoms with Crippen LogP contribution in [-0.4, -0.2) is 22.4 Å². The minimum atomic E-state index is -4.70. The van der Waals surface area contributed by atoms with E-state index < -0.39 is 9.23 Å². The smallest absolute Gasteiger partial charge is 0.345 e. The molecular weight excluding hydrogens is 146 g/mol. The summed E-state index contributed by atoms with van der Waals surface area (Å²) in [6, 6.07) is 0. The van der Waals surface area contributed by atoms with Crippen LogP contribution in [-0.2, 0) is 8.85 Å². The van der Waals surface area contributed by atoms with Gasteiger partial charge in [-0.1, -0.05) is 0 Å². The summed E-state index contributed by atoms with van der Waals surface area (Å²) >= 11 is 0. The van der Waals surface area contributed by atoms with E-state index in [9.17, 15) is 8.22 Å². The lowest BCUT2D eigenvalue weighted by Crippen LogP contribution is -2.31. The van der Waals surface area contributed by atoms with Crippen molar-refractivity contribution in [2.24, 2.45) is 0 Å². The van der Waals surface area contributed by atoms with Crippen molar-refractivity contribution in [2.75, 3.05) is 13.2 Å². The summed E-state index contributed by atoms with van der Waals surface area (Å²) in [6.45, 7) is 3.05. The molecule has 0 N–H and O–H groups in total. The van der Waals surface area contributed by atoms with Crippen molar-refractivity contribution in [1.29, 1.82) is 0 Å². The van der Waals surface area contributed by atoms with Crippen LogP contribution in [0.3, 0.4) is 0 Å². The number of hydrogen-bond acceptors (Lipinski definition) is 2. The quantitative estimate of drug-likeness (QED) is 0.453. The van der Waals surface area contributed by atoms with Crippen molar-refractivity contribution in [3.63, 3.8) is 0 Å². The van der Waals surface area contributed by atoms with E-state index in [0.717, 1.165) is 0 Å². The molecule has 0 aliphatic carbocycles. The first-order valence-corrected chi connectivity index (χ1v) is 4.35. The number of halogens is 2. The Balaban J connectivity index is 3.43. The van der Waals surface area contributed by atoms with Crippen molar-refractivity contribution in [1.82, 2.24) is 0 Å². The summed E-state index contributed by atoms with van der Waals surface area (Å²) in [5.41, 5.74) is 0. The van der Waals surface area contributed by atoms with Gasteiger partial charge in [0.1, 0.15) is 0 Å². The SMILES string of the molecule is CCO[Si](F)(F)OCC. The van der Waals surface area contributed by atoms with Gasteiger partial charge in [0.25, 0.3) is 0 Å². The molecule has 56 valence electrons. The Morgan fingerprint density at radius 2 is 1.44 bits per heavy atom. The highest BCUT2D eigenvalue weighted by atomic mass is 28.5. The van der Waals surface area contributed by atoms with Gasteiger partial charge in [0.05, 0.1) is 0 Å². The minimum absolute atomic E-state index is 0.0131. The first-order chi connectivity index (χ1) is 4.12. The Hall–Kier alpha value is -0.00312. The van der Waals surface area contributed by atoms with E-state index in [1.807, 2.05) is 0 Å². The Kier molecular flexibility index (Phi) is 3.92. The highest BCUT2D eigenvalue weighted by molar-refractivity contribution is 6.51. The van der Waals surface area contributed by atoms with Gasteiger partial charge in [-0.05, 0) is 13.8 Å². The van der Waals surface area contributed by atoms with Crippen LogP contribution in [0.2, 0.25) is 0 Å². The van der Waals surface area contributed by atoms with Crippen LogP contribution in [0.25, 0.3) is 0 Å². The van der Waals surface area contributed by atoms with Gasteiger partial charge < -0.3 is 8.85 Å². The van der Waals surface area contributed by atoms with Crippen molar-refractivity contribution in [3.05, 3.63) is 0 Å². The fourth-order valence-electron chi connectivity index (χ4n) is 0.378. The third-order valence-electron chi connectivity index (χ3n) is 0.625. The number of hydrogen-bond donors (Lipinski definition) is 0. The molecule has 0 fully saturated rings. The molecule has 0 aromatic rings. The molecule has 0 unspecified atom stereocenters. The molecule has 0 aromatic carbocycles. The van der Waals surface area contributed by atoms with Crippen LogP contribution >= 0.6 is 0 Å². The Morgan fingerprint density at radius 1 is 1.11 bits per heavy atom. The fourth-order valence-corrected chi connectivity index (χ4v) is 1.13. The second-order valence-corrected chi connectivity index (χ2v) is 2.83. The van der Waals surface area contributed by atoms with Crippen LogP contribution in [0.1, 0.15) is 13.8 Å². The molecule has 2 nitrogen and oxygen atoms in total. The predicted octanol–water partition coefficient (Wildman–Crippen LogP) is 1.43. The van der Waals surface area contributed by atoms with Crippen LogP contribution in [0.4, 0.5) is 8.22 Å². The number of rotatable bonds is 4. The second-order valence-electron chi connectivity index (χ2n) is 1.33. The van der Waals surface area contributed by atoms with Crippen LogP contribution < -0.4 is 0 Å². The van der Waals surface area contributed by atoms with Crippen molar-refractivity contribution >= 4 is 9.23 Å². The van der Waals surface area contributed by atoms with Gasteiger partial charge in [-0.2, -0.15) is 0 Å². The molecule has 0 radical (unpaired) electrons. The lowest BCUT2D eigenvalue weighted by molar-refractivity contribution is 0.0976. The van der Waals surface area contributed by atoms with Crippen LogP contribution in [0.5, 0.6) is 0 Å². The van der Waals surface area contributed by atoms with Crippen LogP contribution in [0.15, 0.2) is 0 Å². The summed E-state index contributed by atoms with van der Waals surface area (Å²) < 4.78 is 32.3. The van der Waals surface area contributed by atoms with Gasteiger partial charge in [-0.15, -0.1) is 0 Å². The lowest BCUT2D eigenvalue weighted by atomic mass is 10.9. The van der Waals surface area contributed by atoms with Crippen molar-refractivity contribution < 1.29 is 17.1 Å². The van der Waals surface area contributed by atoms with Gasteiger partial charge in [0.2, 0.25) is 0 Å². The van der Waals surface area contributed by atoms with E-state index in [4.69, 9.17) is 0 Å². The zero-order chi connectivity index (χ0) is 7.33. The van der Waals surface area contributed by atoms with E-state index in [1.165, 1.54) is 13.8 Å². The maximum absolute atomic E-state index is 12.1. The molecular formula is C4H10F2O2Si. The zero-order valence-corrected chi connectivity index (χ0v) is 6.49. The first kappa shape index (κ1) is 9.00. The third kappa shape index (κ3) is 4.50. The average molecular weight is 156 g/mol. The van der Waals surface area contributed by atoms with Crippen molar-refractivity contribution in [2.45, 2.75) is 13.8 Å². The summed E-state index contributed by atoms with van der Waals surface area (Å²) in [7, 11) is -4.70. The average Bonchev–Trinajstić information content (AvgIpc) is 1.64. The molecule has 0 amide bonds. The fraction of sp³-hybridized carbons (Fsp3) is 1.00. The van der Waals surface area contributed by atoms with Gasteiger partial charge >= 0.3 is 9.23 Å². The molecule has 0 heterocycles. The van der Waals surface area contributed by atoms with Gasteiger partial charge in [-0.25, -0.2) is 8.22 Å². The lowest BCUT2D eigenvalue weighted by Gasteiger charge is -2.08. The second kappa shape index (κ2) is 3.92. The highest BCUT2D eigenvalue weighted by Gasteiger charge is 2.41. The van der Waals surface area contributed by atoms with Gasteiger partial charge in [0, 0.05) is 13.2 Å². The Labute approximate surface area is 54.4 Å². The molecule has 0 bridgehead atoms. The summed E-state index contributed by atoms with van der Waals surface area (Å²) in [5, 5.41) is 0. The third-order valence-corrected chi connectivity index (χ3v) is 1.87. The van der Waals surface area contributed by atoms with E-state index in [0.29, 0.717) is 0 Å². The van der Waals surface area contributed by atoms with E-state index >= 15 is 0 Å². The summed E-state index contributed by atoms with van der Waals surface area (Å²) in [4.78, 5) is 0. The maximum atomic E-state index is 12.1. The molecule has 0 rings (SSSR count). The van der Waals surface area contributed by atoms with E-state index in [1.54, 1.807) is 0 Å². The van der Waals surface area contributed by atoms with Gasteiger partial charge in [0.15, 0.2) is 0 Å². The Bertz CT molecular complexity index is 71.0. The van der Waals surface area contributed by atoms with Crippen LogP contribution in [0, 0.1) is 0 Å².